The van der Waals surface area contributed by atoms with E-state index in [2.05, 4.69) is 13.8 Å². The summed E-state index contributed by atoms with van der Waals surface area (Å²) in [5, 5.41) is -0.433. The smallest absolute Gasteiger partial charge is 0.252 e. The summed E-state index contributed by atoms with van der Waals surface area (Å²) in [6, 6.07) is 7.00. The third-order valence-electron chi connectivity index (χ3n) is 3.79. The maximum Gasteiger partial charge on any atom is 0.252 e. The second kappa shape index (κ2) is 13.6. The van der Waals surface area contributed by atoms with E-state index in [1.165, 1.54) is 38.8 Å². The molecule has 1 aromatic rings. The molecule has 0 amide bonds. The van der Waals surface area contributed by atoms with Crippen LogP contribution in [-0.2, 0) is 0 Å². The van der Waals surface area contributed by atoms with Gasteiger partial charge in [-0.3, -0.25) is 4.79 Å². The molecule has 0 spiro atoms. The third-order valence-corrected chi connectivity index (χ3v) is 4.01. The fourth-order valence-corrected chi connectivity index (χ4v) is 2.55. The second-order valence-corrected chi connectivity index (χ2v) is 6.05. The highest BCUT2D eigenvalue weighted by molar-refractivity contribution is 6.67. The monoisotopic (exact) mass is 361 g/mol. The minimum Gasteiger partial charge on any atom is -1.00 e. The molecule has 1 rings (SSSR count). The van der Waals surface area contributed by atoms with Gasteiger partial charge >= 0.3 is 0 Å². The van der Waals surface area contributed by atoms with Crippen LogP contribution in [0.15, 0.2) is 24.3 Å². The van der Waals surface area contributed by atoms with Crippen LogP contribution < -0.4 is 22.0 Å². The number of halogens is 2. The standard InChI is InChI=1S/C18H28ClNO2.ClH/c1-3-5-12-20(13-6-4-2)14-7-15-22-17-10-8-16(9-11-17)18(19)21;/h8-11H,3-7,12-15H2,1-2H3;1H. The molecule has 0 saturated heterocycles. The lowest BCUT2D eigenvalue weighted by atomic mass is 10.2. The van der Waals surface area contributed by atoms with E-state index in [4.69, 9.17) is 16.3 Å². The van der Waals surface area contributed by atoms with Gasteiger partial charge in [-0.15, -0.1) is 0 Å². The topological polar surface area (TPSA) is 30.7 Å². The van der Waals surface area contributed by atoms with Gasteiger partial charge in [-0.05, 0) is 48.7 Å². The maximum atomic E-state index is 11.0. The second-order valence-electron chi connectivity index (χ2n) is 5.71. The Morgan fingerprint density at radius 3 is 2.00 bits per heavy atom. The molecule has 0 aliphatic rings. The fraction of sp³-hybridized carbons (Fsp3) is 0.611. The number of rotatable bonds is 12. The van der Waals surface area contributed by atoms with E-state index >= 15 is 0 Å². The Morgan fingerprint density at radius 1 is 1.00 bits per heavy atom. The fourth-order valence-electron chi connectivity index (χ4n) is 2.42. The first-order chi connectivity index (χ1) is 10.7. The van der Waals surface area contributed by atoms with Crippen LogP contribution in [0.25, 0.3) is 0 Å². The molecule has 0 unspecified atom stereocenters. The highest BCUT2D eigenvalue weighted by Crippen LogP contribution is 2.13. The van der Waals surface area contributed by atoms with Gasteiger partial charge in [0.25, 0.3) is 5.24 Å². The van der Waals surface area contributed by atoms with Crippen molar-refractivity contribution in [2.45, 2.75) is 46.0 Å². The highest BCUT2D eigenvalue weighted by Gasteiger charge is 2.07. The Bertz CT molecular complexity index is 416. The lowest BCUT2D eigenvalue weighted by molar-refractivity contribution is -0.900. The largest absolute Gasteiger partial charge is 1.00 e. The minimum absolute atomic E-state index is 0. The van der Waals surface area contributed by atoms with Crippen molar-refractivity contribution in [3.63, 3.8) is 0 Å². The average molecular weight is 362 g/mol. The van der Waals surface area contributed by atoms with E-state index in [1.54, 1.807) is 29.2 Å². The first-order valence-corrected chi connectivity index (χ1v) is 8.81. The molecule has 3 nitrogen and oxygen atoms in total. The van der Waals surface area contributed by atoms with Crippen LogP contribution in [0.4, 0.5) is 0 Å². The van der Waals surface area contributed by atoms with Crippen LogP contribution in [0.3, 0.4) is 0 Å². The zero-order chi connectivity index (χ0) is 16.2. The molecule has 132 valence electrons. The van der Waals surface area contributed by atoms with Crippen LogP contribution in [0.5, 0.6) is 5.75 Å². The molecule has 0 heterocycles. The van der Waals surface area contributed by atoms with Crippen molar-refractivity contribution in [3.05, 3.63) is 29.8 Å². The molecule has 0 atom stereocenters. The van der Waals surface area contributed by atoms with E-state index in [1.807, 2.05) is 0 Å². The number of unbranched alkanes of at least 4 members (excludes halogenated alkanes) is 2. The van der Waals surface area contributed by atoms with Crippen LogP contribution in [0, 0.1) is 0 Å². The lowest BCUT2D eigenvalue weighted by Crippen LogP contribution is -3.12. The predicted octanol–water partition coefficient (Wildman–Crippen LogP) is 0.324. The van der Waals surface area contributed by atoms with E-state index in [9.17, 15) is 4.79 Å². The number of quaternary nitrogens is 1. The Kier molecular flexibility index (Phi) is 13.2. The molecule has 1 aromatic carbocycles. The summed E-state index contributed by atoms with van der Waals surface area (Å²) in [4.78, 5) is 12.7. The van der Waals surface area contributed by atoms with Gasteiger partial charge in [-0.2, -0.15) is 0 Å². The minimum atomic E-state index is -0.433. The van der Waals surface area contributed by atoms with Gasteiger partial charge in [0.2, 0.25) is 0 Å². The first-order valence-electron chi connectivity index (χ1n) is 8.43. The Hall–Kier alpha value is -0.770. The lowest BCUT2D eigenvalue weighted by Gasteiger charge is -2.19. The normalized spacial score (nSPS) is 10.4. The Morgan fingerprint density at radius 2 is 1.52 bits per heavy atom. The molecular formula is C18H29Cl2NO2. The molecular weight excluding hydrogens is 333 g/mol. The molecule has 23 heavy (non-hydrogen) atoms. The molecule has 0 radical (unpaired) electrons. The summed E-state index contributed by atoms with van der Waals surface area (Å²) >= 11 is 5.42. The van der Waals surface area contributed by atoms with Gasteiger partial charge in [-0.1, -0.05) is 26.7 Å². The molecule has 0 aliphatic carbocycles. The number of carbonyl (C=O) groups excluding carboxylic acids is 1. The van der Waals surface area contributed by atoms with Gasteiger partial charge in [-0.25, -0.2) is 0 Å². The Balaban J connectivity index is 0.00000484. The van der Waals surface area contributed by atoms with Crippen molar-refractivity contribution in [2.24, 2.45) is 0 Å². The number of carbonyl (C=O) groups is 1. The van der Waals surface area contributed by atoms with Crippen molar-refractivity contribution in [1.82, 2.24) is 0 Å². The van der Waals surface area contributed by atoms with E-state index in [0.29, 0.717) is 5.56 Å². The van der Waals surface area contributed by atoms with E-state index < -0.39 is 5.24 Å². The van der Waals surface area contributed by atoms with Crippen molar-refractivity contribution < 1.29 is 26.8 Å². The Labute approximate surface area is 151 Å². The zero-order valence-electron chi connectivity index (χ0n) is 14.2. The zero-order valence-corrected chi connectivity index (χ0v) is 15.8. The first kappa shape index (κ1) is 22.2. The molecule has 0 aromatic heterocycles. The number of hydrogen-bond donors (Lipinski definition) is 1. The van der Waals surface area contributed by atoms with Gasteiger partial charge < -0.3 is 22.0 Å². The molecule has 0 bridgehead atoms. The van der Waals surface area contributed by atoms with Crippen molar-refractivity contribution in [3.8, 4) is 5.75 Å². The van der Waals surface area contributed by atoms with Gasteiger partial charge in [0.1, 0.15) is 5.75 Å². The summed E-state index contributed by atoms with van der Waals surface area (Å²) in [7, 11) is 0. The van der Waals surface area contributed by atoms with E-state index in [0.717, 1.165) is 25.3 Å². The van der Waals surface area contributed by atoms with Gasteiger partial charge in [0, 0.05) is 12.0 Å². The predicted molar refractivity (Wildman–Crippen MR) is 92.1 cm³/mol. The quantitative estimate of drug-likeness (QED) is 0.429. The average Bonchev–Trinajstić information content (AvgIpc) is 2.53. The van der Waals surface area contributed by atoms with Crippen molar-refractivity contribution >= 4 is 16.8 Å². The summed E-state index contributed by atoms with van der Waals surface area (Å²) in [5.74, 6) is 0.797. The van der Waals surface area contributed by atoms with Crippen LogP contribution in [-0.4, -0.2) is 31.5 Å². The maximum absolute atomic E-state index is 11.0. The highest BCUT2D eigenvalue weighted by atomic mass is 35.5. The third kappa shape index (κ3) is 9.85. The molecule has 0 aliphatic heterocycles. The van der Waals surface area contributed by atoms with Crippen LogP contribution in [0.2, 0.25) is 0 Å². The van der Waals surface area contributed by atoms with E-state index in [-0.39, 0.29) is 12.4 Å². The SMILES string of the molecule is CCCC[NH+](CCCC)CCCOc1ccc(C(=O)Cl)cc1.[Cl-]. The molecule has 1 N–H and O–H groups in total. The van der Waals surface area contributed by atoms with Crippen LogP contribution >= 0.6 is 11.6 Å². The molecule has 5 heteroatoms. The summed E-state index contributed by atoms with van der Waals surface area (Å²) in [5.41, 5.74) is 0.503. The number of nitrogens with one attached hydrogen (secondary N) is 1. The van der Waals surface area contributed by atoms with Crippen molar-refractivity contribution in [2.75, 3.05) is 26.2 Å². The molecule has 0 saturated carbocycles. The van der Waals surface area contributed by atoms with Crippen LogP contribution in [0.1, 0.15) is 56.3 Å². The molecule has 0 fully saturated rings. The summed E-state index contributed by atoms with van der Waals surface area (Å²) in [6.45, 7) is 8.91. The number of hydrogen-bond acceptors (Lipinski definition) is 2. The summed E-state index contributed by atoms with van der Waals surface area (Å²) < 4.78 is 5.73. The van der Waals surface area contributed by atoms with Gasteiger partial charge in [0.05, 0.1) is 26.2 Å². The number of benzene rings is 1. The number of ether oxygens (including phenoxy) is 1. The van der Waals surface area contributed by atoms with Crippen molar-refractivity contribution in [1.29, 1.82) is 0 Å². The summed E-state index contributed by atoms with van der Waals surface area (Å²) in [6.07, 6.45) is 6.18. The van der Waals surface area contributed by atoms with Gasteiger partial charge in [0.15, 0.2) is 0 Å².